The number of thiocarbonyl (C=S) groups is 1. The van der Waals surface area contributed by atoms with Crippen LogP contribution in [-0.4, -0.2) is 10.4 Å². The molecule has 0 aromatic carbocycles. The molecular formula is C2H8ClN3OS2. The summed E-state index contributed by atoms with van der Waals surface area (Å²) < 4.78 is 0.194. The van der Waals surface area contributed by atoms with Crippen molar-refractivity contribution in [1.29, 1.82) is 0 Å². The average Bonchev–Trinajstić information content (AvgIpc) is 1.25. The number of hydrogen-bond donors (Lipinski definition) is 4. The zero-order valence-corrected chi connectivity index (χ0v) is 6.93. The molecule has 2 amide bonds. The smallest absolute Gasteiger partial charge is 0.309 e. The van der Waals surface area contributed by atoms with E-state index in [1.54, 1.807) is 0 Å². The standard InChI is InChI=1S/CH4N2O.CH3NS2.ClH/c2*2-1(3)4;/h(H4,2,3,4);(H3,2,3,4);1H. The first-order valence-electron chi connectivity index (χ1n) is 1.50. The molecule has 0 aromatic heterocycles. The van der Waals surface area contributed by atoms with E-state index < -0.39 is 6.03 Å². The van der Waals surface area contributed by atoms with E-state index in [-0.39, 0.29) is 16.7 Å². The molecule has 0 bridgehead atoms. The molecule has 0 aliphatic heterocycles. The van der Waals surface area contributed by atoms with Crippen molar-refractivity contribution in [2.24, 2.45) is 17.2 Å². The van der Waals surface area contributed by atoms with Gasteiger partial charge in [-0.25, -0.2) is 4.79 Å². The third-order valence-electron chi connectivity index (χ3n) is 0. The van der Waals surface area contributed by atoms with Crippen LogP contribution in [0.5, 0.6) is 0 Å². The third-order valence-corrected chi connectivity index (χ3v) is 0. The Morgan fingerprint density at radius 2 is 1.33 bits per heavy atom. The summed E-state index contributed by atoms with van der Waals surface area (Å²) in [7, 11) is 0. The van der Waals surface area contributed by atoms with Crippen molar-refractivity contribution in [1.82, 2.24) is 0 Å². The second-order valence-corrected chi connectivity index (χ2v) is 1.96. The maximum absolute atomic E-state index is 9.00. The lowest BCUT2D eigenvalue weighted by Crippen LogP contribution is -2.18. The van der Waals surface area contributed by atoms with Crippen LogP contribution in [0.1, 0.15) is 0 Å². The van der Waals surface area contributed by atoms with Gasteiger partial charge in [-0.1, -0.05) is 12.2 Å². The third kappa shape index (κ3) is 6560. The normalized spacial score (nSPS) is 5.44. The van der Waals surface area contributed by atoms with Crippen molar-refractivity contribution in [3.05, 3.63) is 0 Å². The quantitative estimate of drug-likeness (QED) is 0.309. The Balaban J connectivity index is -0.0000000720. The molecule has 0 spiro atoms. The summed E-state index contributed by atoms with van der Waals surface area (Å²) in [6.07, 6.45) is 0. The Hall–Kier alpha value is -0.200. The molecule has 0 atom stereocenters. The van der Waals surface area contributed by atoms with Crippen LogP contribution in [0.2, 0.25) is 0 Å². The maximum Gasteiger partial charge on any atom is 0.309 e. The van der Waals surface area contributed by atoms with E-state index >= 15 is 0 Å². The number of primary amides is 2. The zero-order chi connectivity index (χ0) is 7.15. The molecular weight excluding hydrogens is 182 g/mol. The molecule has 7 heteroatoms. The minimum atomic E-state index is -0.833. The topological polar surface area (TPSA) is 95.1 Å². The molecule has 0 rings (SSSR count). The molecule has 0 aliphatic carbocycles. The van der Waals surface area contributed by atoms with Crippen molar-refractivity contribution in [3.8, 4) is 0 Å². The van der Waals surface area contributed by atoms with Crippen molar-refractivity contribution < 1.29 is 4.79 Å². The lowest BCUT2D eigenvalue weighted by Gasteiger charge is -1.64. The molecule has 0 saturated carbocycles. The highest BCUT2D eigenvalue weighted by atomic mass is 35.5. The molecule has 0 aliphatic rings. The van der Waals surface area contributed by atoms with E-state index in [0.29, 0.717) is 0 Å². The van der Waals surface area contributed by atoms with Crippen LogP contribution in [0.4, 0.5) is 4.79 Å². The molecule has 0 radical (unpaired) electrons. The van der Waals surface area contributed by atoms with E-state index in [1.165, 1.54) is 0 Å². The molecule has 6 N–H and O–H groups in total. The van der Waals surface area contributed by atoms with Crippen molar-refractivity contribution in [2.75, 3.05) is 0 Å². The summed E-state index contributed by atoms with van der Waals surface area (Å²) in [6.45, 7) is 0. The average molecular weight is 190 g/mol. The van der Waals surface area contributed by atoms with Gasteiger partial charge in [0.1, 0.15) is 4.32 Å². The van der Waals surface area contributed by atoms with Gasteiger partial charge in [0.15, 0.2) is 0 Å². The van der Waals surface area contributed by atoms with Crippen LogP contribution in [0.25, 0.3) is 0 Å². The molecule has 4 nitrogen and oxygen atoms in total. The highest BCUT2D eigenvalue weighted by Crippen LogP contribution is 1.63. The number of carbonyl (C=O) groups is 1. The predicted molar refractivity (Wildman–Crippen MR) is 46.8 cm³/mol. The van der Waals surface area contributed by atoms with Crippen LogP contribution in [-0.2, 0) is 0 Å². The number of amides is 2. The highest BCUT2D eigenvalue weighted by molar-refractivity contribution is 8.10. The predicted octanol–water partition coefficient (Wildman–Crippen LogP) is -0.395. The van der Waals surface area contributed by atoms with Crippen LogP contribution in [0.15, 0.2) is 0 Å². The second kappa shape index (κ2) is 10.7. The summed E-state index contributed by atoms with van der Waals surface area (Å²) in [5.41, 5.74) is 13.2. The molecule has 0 heterocycles. The lowest BCUT2D eigenvalue weighted by molar-refractivity contribution is 0.256. The van der Waals surface area contributed by atoms with Gasteiger partial charge >= 0.3 is 6.03 Å². The molecule has 0 unspecified atom stereocenters. The SMILES string of the molecule is Cl.NC(=S)S.NC(N)=O. The highest BCUT2D eigenvalue weighted by Gasteiger charge is 1.60. The van der Waals surface area contributed by atoms with Gasteiger partial charge in [0, 0.05) is 0 Å². The van der Waals surface area contributed by atoms with E-state index in [4.69, 9.17) is 10.5 Å². The zero-order valence-electron chi connectivity index (χ0n) is 4.40. The van der Waals surface area contributed by atoms with E-state index in [1.807, 2.05) is 0 Å². The lowest BCUT2D eigenvalue weighted by atomic mass is 11.2. The van der Waals surface area contributed by atoms with Gasteiger partial charge in [0.2, 0.25) is 0 Å². The fraction of sp³-hybridized carbons (Fsp3) is 0. The first-order chi connectivity index (χ1) is 3.46. The Morgan fingerprint density at radius 3 is 1.33 bits per heavy atom. The fourth-order valence-electron chi connectivity index (χ4n) is 0. The number of urea groups is 1. The molecule has 9 heavy (non-hydrogen) atoms. The Bertz CT molecular complexity index is 77.8. The van der Waals surface area contributed by atoms with Crippen LogP contribution < -0.4 is 17.2 Å². The Morgan fingerprint density at radius 1 is 1.33 bits per heavy atom. The van der Waals surface area contributed by atoms with E-state index in [9.17, 15) is 0 Å². The van der Waals surface area contributed by atoms with E-state index in [2.05, 4.69) is 36.3 Å². The Kier molecular flexibility index (Phi) is 19.0. The van der Waals surface area contributed by atoms with E-state index in [0.717, 1.165) is 0 Å². The van der Waals surface area contributed by atoms with Crippen LogP contribution in [0, 0.1) is 0 Å². The van der Waals surface area contributed by atoms with Gasteiger partial charge in [0.05, 0.1) is 0 Å². The maximum atomic E-state index is 9.00. The monoisotopic (exact) mass is 189 g/mol. The molecule has 0 fully saturated rings. The molecule has 56 valence electrons. The summed E-state index contributed by atoms with van der Waals surface area (Å²) in [6, 6.07) is -0.833. The number of carbonyl (C=O) groups excluding carboxylic acids is 1. The molecule has 0 aromatic rings. The minimum absolute atomic E-state index is 0. The summed E-state index contributed by atoms with van der Waals surface area (Å²) in [4.78, 5) is 9.00. The van der Waals surface area contributed by atoms with Crippen LogP contribution in [0.3, 0.4) is 0 Å². The second-order valence-electron chi connectivity index (χ2n) is 0.741. The fourth-order valence-corrected chi connectivity index (χ4v) is 0. The number of thiol groups is 1. The van der Waals surface area contributed by atoms with Gasteiger partial charge in [0.25, 0.3) is 0 Å². The summed E-state index contributed by atoms with van der Waals surface area (Å²) in [5.74, 6) is 0. The van der Waals surface area contributed by atoms with Gasteiger partial charge in [-0.3, -0.25) is 0 Å². The number of halogens is 1. The molecule has 0 saturated heterocycles. The number of hydrogen-bond acceptors (Lipinski definition) is 2. The van der Waals surface area contributed by atoms with Crippen molar-refractivity contribution in [3.63, 3.8) is 0 Å². The summed E-state index contributed by atoms with van der Waals surface area (Å²) >= 11 is 7.65. The van der Waals surface area contributed by atoms with Crippen LogP contribution >= 0.6 is 37.3 Å². The minimum Gasteiger partial charge on any atom is -0.385 e. The Labute approximate surface area is 70.0 Å². The van der Waals surface area contributed by atoms with Gasteiger partial charge in [-0.15, -0.1) is 25.0 Å². The van der Waals surface area contributed by atoms with Gasteiger partial charge in [-0.2, -0.15) is 0 Å². The number of nitrogens with two attached hydrogens (primary N) is 3. The van der Waals surface area contributed by atoms with Crippen molar-refractivity contribution >= 4 is 47.6 Å². The number of rotatable bonds is 0. The first kappa shape index (κ1) is 15.9. The first-order valence-corrected chi connectivity index (χ1v) is 2.35. The summed E-state index contributed by atoms with van der Waals surface area (Å²) in [5, 5.41) is 0. The van der Waals surface area contributed by atoms with Gasteiger partial charge in [-0.05, 0) is 0 Å². The van der Waals surface area contributed by atoms with Gasteiger partial charge < -0.3 is 17.2 Å². The van der Waals surface area contributed by atoms with Crippen molar-refractivity contribution in [2.45, 2.75) is 0 Å². The largest absolute Gasteiger partial charge is 0.385 e.